The summed E-state index contributed by atoms with van der Waals surface area (Å²) in [5, 5.41) is 12.9. The van der Waals surface area contributed by atoms with Crippen LogP contribution in [0, 0.1) is 0 Å². The molecular formula is C14H25NO4. The van der Waals surface area contributed by atoms with Crippen molar-refractivity contribution >= 4 is 6.09 Å². The highest BCUT2D eigenvalue weighted by atomic mass is 16.6. The van der Waals surface area contributed by atoms with Gasteiger partial charge >= 0.3 is 6.09 Å². The van der Waals surface area contributed by atoms with Gasteiger partial charge in [-0.05, 0) is 52.9 Å². The van der Waals surface area contributed by atoms with Gasteiger partial charge in [-0.25, -0.2) is 4.79 Å². The van der Waals surface area contributed by atoms with Crippen molar-refractivity contribution in [2.24, 2.45) is 0 Å². The van der Waals surface area contributed by atoms with E-state index >= 15 is 0 Å². The van der Waals surface area contributed by atoms with E-state index in [4.69, 9.17) is 9.47 Å². The Bertz CT molecular complexity index is 338. The Morgan fingerprint density at radius 2 is 2.00 bits per heavy atom. The standard InChI is InChI=1S/C14H25NO4/c1-12(2,3)19-11(16)15-13(8-9-18-10-13)4-5-14(17)6-7-14/h17H,4-10H2,1-3H3,(H,15,16). The number of ether oxygens (including phenoxy) is 2. The van der Waals surface area contributed by atoms with Crippen LogP contribution < -0.4 is 5.32 Å². The lowest BCUT2D eigenvalue weighted by atomic mass is 9.90. The van der Waals surface area contributed by atoms with Crippen LogP contribution in [0.3, 0.4) is 0 Å². The van der Waals surface area contributed by atoms with Crippen LogP contribution in [0.15, 0.2) is 0 Å². The number of hydrogen-bond donors (Lipinski definition) is 2. The van der Waals surface area contributed by atoms with Crippen LogP contribution in [-0.4, -0.2) is 41.2 Å². The SMILES string of the molecule is CC(C)(C)OC(=O)NC1(CCC2(O)CC2)CCOC1. The van der Waals surface area contributed by atoms with E-state index in [2.05, 4.69) is 5.32 Å². The van der Waals surface area contributed by atoms with E-state index in [1.54, 1.807) is 0 Å². The van der Waals surface area contributed by atoms with Crippen LogP contribution in [0.5, 0.6) is 0 Å². The molecule has 1 atom stereocenters. The van der Waals surface area contributed by atoms with E-state index in [-0.39, 0.29) is 5.54 Å². The number of amides is 1. The summed E-state index contributed by atoms with van der Waals surface area (Å²) in [6.07, 6.45) is 3.57. The maximum atomic E-state index is 11.9. The van der Waals surface area contributed by atoms with Gasteiger partial charge in [-0.15, -0.1) is 0 Å². The summed E-state index contributed by atoms with van der Waals surface area (Å²) < 4.78 is 10.7. The molecule has 1 aliphatic heterocycles. The molecule has 5 nitrogen and oxygen atoms in total. The molecule has 2 aliphatic rings. The summed E-state index contributed by atoms with van der Waals surface area (Å²) in [5.41, 5.74) is -1.37. The average molecular weight is 271 g/mol. The minimum atomic E-state index is -0.501. The predicted molar refractivity (Wildman–Crippen MR) is 71.0 cm³/mol. The van der Waals surface area contributed by atoms with Crippen molar-refractivity contribution in [3.8, 4) is 0 Å². The van der Waals surface area contributed by atoms with Crippen molar-refractivity contribution in [2.75, 3.05) is 13.2 Å². The molecule has 0 aromatic heterocycles. The van der Waals surface area contributed by atoms with Crippen LogP contribution in [0.25, 0.3) is 0 Å². The van der Waals surface area contributed by atoms with Gasteiger partial charge in [0.1, 0.15) is 5.60 Å². The minimum Gasteiger partial charge on any atom is -0.444 e. The second kappa shape index (κ2) is 4.94. The smallest absolute Gasteiger partial charge is 0.408 e. The normalized spacial score (nSPS) is 29.1. The number of aliphatic hydroxyl groups is 1. The van der Waals surface area contributed by atoms with Crippen molar-refractivity contribution < 1.29 is 19.4 Å². The summed E-state index contributed by atoms with van der Waals surface area (Å²) in [7, 11) is 0. The molecule has 0 radical (unpaired) electrons. The van der Waals surface area contributed by atoms with Gasteiger partial charge < -0.3 is 19.9 Å². The monoisotopic (exact) mass is 271 g/mol. The highest BCUT2D eigenvalue weighted by Crippen LogP contribution is 2.41. The first kappa shape index (κ1) is 14.6. The number of hydrogen-bond acceptors (Lipinski definition) is 4. The topological polar surface area (TPSA) is 67.8 Å². The van der Waals surface area contributed by atoms with Crippen LogP contribution in [0.1, 0.15) is 52.9 Å². The van der Waals surface area contributed by atoms with Gasteiger partial charge in [0.05, 0.1) is 17.7 Å². The third kappa shape index (κ3) is 4.35. The Hall–Kier alpha value is -0.810. The lowest BCUT2D eigenvalue weighted by Gasteiger charge is -2.31. The molecular weight excluding hydrogens is 246 g/mol. The van der Waals surface area contributed by atoms with E-state index in [9.17, 15) is 9.90 Å². The quantitative estimate of drug-likeness (QED) is 0.820. The van der Waals surface area contributed by atoms with Crippen LogP contribution in [0.2, 0.25) is 0 Å². The number of nitrogens with one attached hydrogen (secondary N) is 1. The van der Waals surface area contributed by atoms with Crippen molar-refractivity contribution in [2.45, 2.75) is 69.6 Å². The Kier molecular flexibility index (Phi) is 3.80. The molecule has 0 aromatic rings. The molecule has 0 spiro atoms. The molecule has 110 valence electrons. The minimum absolute atomic E-state index is 0.374. The second-order valence-corrected chi connectivity index (χ2v) is 6.93. The fraction of sp³-hybridized carbons (Fsp3) is 0.929. The fourth-order valence-electron chi connectivity index (χ4n) is 2.35. The molecule has 1 heterocycles. The summed E-state index contributed by atoms with van der Waals surface area (Å²) in [4.78, 5) is 11.9. The van der Waals surface area contributed by atoms with Gasteiger partial charge in [0.25, 0.3) is 0 Å². The number of carbonyl (C=O) groups excluding carboxylic acids is 1. The molecule has 2 fully saturated rings. The first-order valence-electron chi connectivity index (χ1n) is 7.03. The van der Waals surface area contributed by atoms with E-state index in [1.165, 1.54) is 0 Å². The summed E-state index contributed by atoms with van der Waals surface area (Å²) in [5.74, 6) is 0. The summed E-state index contributed by atoms with van der Waals surface area (Å²) >= 11 is 0. The van der Waals surface area contributed by atoms with E-state index in [1.807, 2.05) is 20.8 Å². The van der Waals surface area contributed by atoms with Gasteiger partial charge in [0.2, 0.25) is 0 Å². The van der Waals surface area contributed by atoms with Crippen LogP contribution in [0.4, 0.5) is 4.79 Å². The summed E-state index contributed by atoms with van der Waals surface area (Å²) in [6.45, 7) is 6.68. The Balaban J connectivity index is 1.89. The van der Waals surface area contributed by atoms with Crippen molar-refractivity contribution in [1.29, 1.82) is 0 Å². The third-order valence-corrected chi connectivity index (χ3v) is 3.77. The molecule has 1 saturated heterocycles. The first-order chi connectivity index (χ1) is 8.72. The molecule has 1 saturated carbocycles. The largest absolute Gasteiger partial charge is 0.444 e. The number of rotatable bonds is 4. The van der Waals surface area contributed by atoms with Gasteiger partial charge in [-0.3, -0.25) is 0 Å². The maximum absolute atomic E-state index is 11.9. The molecule has 0 bridgehead atoms. The zero-order valence-electron chi connectivity index (χ0n) is 12.1. The lowest BCUT2D eigenvalue weighted by Crippen LogP contribution is -2.51. The van der Waals surface area contributed by atoms with Crippen LogP contribution in [-0.2, 0) is 9.47 Å². The van der Waals surface area contributed by atoms with Gasteiger partial charge in [-0.1, -0.05) is 0 Å². The second-order valence-electron chi connectivity index (χ2n) is 6.93. The number of alkyl carbamates (subject to hydrolysis) is 1. The van der Waals surface area contributed by atoms with E-state index < -0.39 is 17.3 Å². The molecule has 19 heavy (non-hydrogen) atoms. The Morgan fingerprint density at radius 1 is 1.32 bits per heavy atom. The molecule has 2 N–H and O–H groups in total. The Labute approximate surface area is 114 Å². The molecule has 5 heteroatoms. The maximum Gasteiger partial charge on any atom is 0.408 e. The molecule has 1 unspecified atom stereocenters. The number of carbonyl (C=O) groups is 1. The van der Waals surface area contributed by atoms with Crippen molar-refractivity contribution in [1.82, 2.24) is 5.32 Å². The highest BCUT2D eigenvalue weighted by molar-refractivity contribution is 5.68. The molecule has 1 aliphatic carbocycles. The van der Waals surface area contributed by atoms with E-state index in [0.29, 0.717) is 19.6 Å². The summed E-state index contributed by atoms with van der Waals surface area (Å²) in [6, 6.07) is 0. The van der Waals surface area contributed by atoms with E-state index in [0.717, 1.165) is 25.7 Å². The van der Waals surface area contributed by atoms with Crippen LogP contribution >= 0.6 is 0 Å². The molecule has 1 amide bonds. The lowest BCUT2D eigenvalue weighted by molar-refractivity contribution is 0.0407. The zero-order valence-corrected chi connectivity index (χ0v) is 12.1. The Morgan fingerprint density at radius 3 is 2.47 bits per heavy atom. The zero-order chi connectivity index (χ0) is 14.1. The predicted octanol–water partition coefficient (Wildman–Crippen LogP) is 1.98. The molecule has 0 aromatic carbocycles. The van der Waals surface area contributed by atoms with Crippen molar-refractivity contribution in [3.05, 3.63) is 0 Å². The highest BCUT2D eigenvalue weighted by Gasteiger charge is 2.45. The van der Waals surface area contributed by atoms with Crippen molar-refractivity contribution in [3.63, 3.8) is 0 Å². The van der Waals surface area contributed by atoms with Gasteiger partial charge in [0, 0.05) is 6.61 Å². The molecule has 2 rings (SSSR count). The average Bonchev–Trinajstić information content (AvgIpc) is 2.82. The third-order valence-electron chi connectivity index (χ3n) is 3.77. The van der Waals surface area contributed by atoms with Gasteiger partial charge in [-0.2, -0.15) is 0 Å². The van der Waals surface area contributed by atoms with Gasteiger partial charge in [0.15, 0.2) is 0 Å². The fourth-order valence-corrected chi connectivity index (χ4v) is 2.35. The first-order valence-corrected chi connectivity index (χ1v) is 7.03.